The molecule has 0 aliphatic heterocycles. The molecule has 0 amide bonds. The van der Waals surface area contributed by atoms with Gasteiger partial charge in [0, 0.05) is 12.6 Å². The fourth-order valence-corrected chi connectivity index (χ4v) is 1.03. The third-order valence-electron chi connectivity index (χ3n) is 1.54. The molecule has 0 aliphatic carbocycles. The van der Waals surface area contributed by atoms with Crippen LogP contribution in [0.3, 0.4) is 0 Å². The van der Waals surface area contributed by atoms with E-state index in [-0.39, 0.29) is 5.56 Å². The van der Waals surface area contributed by atoms with Gasteiger partial charge in [-0.1, -0.05) is 13.8 Å². The summed E-state index contributed by atoms with van der Waals surface area (Å²) in [5, 5.41) is 4.12. The molecule has 0 N–H and O–H groups in total. The predicted molar refractivity (Wildman–Crippen MR) is 48.1 cm³/mol. The zero-order valence-electron chi connectivity index (χ0n) is 7.74. The van der Waals surface area contributed by atoms with Gasteiger partial charge in [-0.25, -0.2) is 4.68 Å². The van der Waals surface area contributed by atoms with Gasteiger partial charge in [0.2, 0.25) is 0 Å². The summed E-state index contributed by atoms with van der Waals surface area (Å²) in [5.41, 5.74) is 0.865. The molecule has 1 aromatic heterocycles. The van der Waals surface area contributed by atoms with Crippen LogP contribution in [-0.2, 0) is 6.54 Å². The first kappa shape index (κ1) is 8.97. The number of aryl methyl sites for hydroxylation is 1. The van der Waals surface area contributed by atoms with Crippen molar-refractivity contribution in [3.8, 4) is 0 Å². The summed E-state index contributed by atoms with van der Waals surface area (Å²) in [4.78, 5) is 11.2. The normalized spacial score (nSPS) is 10.7. The van der Waals surface area contributed by atoms with Crippen LogP contribution in [0.25, 0.3) is 0 Å². The molecule has 0 bridgehead atoms. The van der Waals surface area contributed by atoms with Gasteiger partial charge in [-0.15, -0.1) is 0 Å². The van der Waals surface area contributed by atoms with Crippen molar-refractivity contribution in [2.45, 2.75) is 27.3 Å². The van der Waals surface area contributed by atoms with Gasteiger partial charge in [-0.3, -0.25) is 4.79 Å². The molecule has 12 heavy (non-hydrogen) atoms. The Labute approximate surface area is 72.0 Å². The lowest BCUT2D eigenvalue weighted by Crippen LogP contribution is -2.24. The summed E-state index contributed by atoms with van der Waals surface area (Å²) in [7, 11) is 0. The van der Waals surface area contributed by atoms with Crippen LogP contribution in [0.5, 0.6) is 0 Å². The Morgan fingerprint density at radius 2 is 2.17 bits per heavy atom. The second kappa shape index (κ2) is 3.52. The molecule has 0 aromatic carbocycles. The van der Waals surface area contributed by atoms with Gasteiger partial charge in [-0.2, -0.15) is 5.10 Å². The molecule has 3 nitrogen and oxygen atoms in total. The molecule has 0 unspecified atom stereocenters. The SMILES string of the molecule is Cc1ccc(=O)n(CC(C)C)n1. The van der Waals surface area contributed by atoms with Crippen LogP contribution in [0, 0.1) is 12.8 Å². The first-order valence-electron chi connectivity index (χ1n) is 4.14. The predicted octanol–water partition coefficient (Wildman–Crippen LogP) is 1.21. The Hall–Kier alpha value is -1.12. The topological polar surface area (TPSA) is 34.9 Å². The monoisotopic (exact) mass is 166 g/mol. The highest BCUT2D eigenvalue weighted by Crippen LogP contribution is 1.94. The molecule has 0 saturated heterocycles. The molecule has 1 heterocycles. The molecule has 0 aliphatic rings. The van der Waals surface area contributed by atoms with Gasteiger partial charge in [-0.05, 0) is 18.9 Å². The molecule has 0 atom stereocenters. The average Bonchev–Trinajstić information content (AvgIpc) is 1.96. The first-order chi connectivity index (χ1) is 5.59. The van der Waals surface area contributed by atoms with E-state index >= 15 is 0 Å². The molecule has 0 radical (unpaired) electrons. The van der Waals surface area contributed by atoms with Gasteiger partial charge in [0.15, 0.2) is 0 Å². The van der Waals surface area contributed by atoms with Crippen molar-refractivity contribution >= 4 is 0 Å². The van der Waals surface area contributed by atoms with Crippen LogP contribution in [0.1, 0.15) is 19.5 Å². The van der Waals surface area contributed by atoms with Crippen LogP contribution in [0.15, 0.2) is 16.9 Å². The van der Waals surface area contributed by atoms with Crippen LogP contribution in [0.4, 0.5) is 0 Å². The Morgan fingerprint density at radius 3 is 2.75 bits per heavy atom. The quantitative estimate of drug-likeness (QED) is 0.661. The smallest absolute Gasteiger partial charge is 0.266 e. The molecular weight excluding hydrogens is 152 g/mol. The van der Waals surface area contributed by atoms with E-state index in [1.165, 1.54) is 4.68 Å². The van der Waals surface area contributed by atoms with Crippen LogP contribution >= 0.6 is 0 Å². The minimum absolute atomic E-state index is 0.0192. The second-order valence-corrected chi connectivity index (χ2v) is 3.39. The van der Waals surface area contributed by atoms with Gasteiger partial charge in [0.25, 0.3) is 5.56 Å². The van der Waals surface area contributed by atoms with Crippen molar-refractivity contribution in [2.75, 3.05) is 0 Å². The van der Waals surface area contributed by atoms with E-state index in [4.69, 9.17) is 0 Å². The molecule has 0 fully saturated rings. The third-order valence-corrected chi connectivity index (χ3v) is 1.54. The van der Waals surface area contributed by atoms with Crippen molar-refractivity contribution < 1.29 is 0 Å². The van der Waals surface area contributed by atoms with Crippen molar-refractivity contribution in [1.82, 2.24) is 9.78 Å². The lowest BCUT2D eigenvalue weighted by Gasteiger charge is -2.06. The summed E-state index contributed by atoms with van der Waals surface area (Å²) in [6.07, 6.45) is 0. The lowest BCUT2D eigenvalue weighted by atomic mass is 10.2. The number of nitrogens with zero attached hydrogens (tertiary/aromatic N) is 2. The van der Waals surface area contributed by atoms with E-state index < -0.39 is 0 Å². The third kappa shape index (κ3) is 2.19. The standard InChI is InChI=1S/C9H14N2O/c1-7(2)6-11-9(12)5-4-8(3)10-11/h4-5,7H,6H2,1-3H3. The summed E-state index contributed by atoms with van der Waals surface area (Å²) < 4.78 is 1.51. The number of rotatable bonds is 2. The van der Waals surface area contributed by atoms with E-state index in [9.17, 15) is 4.79 Å². The van der Waals surface area contributed by atoms with Crippen LogP contribution < -0.4 is 5.56 Å². The zero-order chi connectivity index (χ0) is 9.14. The first-order valence-corrected chi connectivity index (χ1v) is 4.14. The van der Waals surface area contributed by atoms with E-state index in [0.29, 0.717) is 12.5 Å². The fraction of sp³-hybridized carbons (Fsp3) is 0.556. The Bertz CT molecular complexity index is 315. The highest BCUT2D eigenvalue weighted by molar-refractivity contribution is 4.96. The van der Waals surface area contributed by atoms with Gasteiger partial charge in [0.1, 0.15) is 0 Å². The van der Waals surface area contributed by atoms with E-state index in [0.717, 1.165) is 5.69 Å². The maximum absolute atomic E-state index is 11.2. The number of hydrogen-bond acceptors (Lipinski definition) is 2. The van der Waals surface area contributed by atoms with Gasteiger partial charge >= 0.3 is 0 Å². The van der Waals surface area contributed by atoms with Crippen molar-refractivity contribution in [3.63, 3.8) is 0 Å². The minimum Gasteiger partial charge on any atom is -0.268 e. The van der Waals surface area contributed by atoms with Crippen LogP contribution in [0.2, 0.25) is 0 Å². The number of hydrogen-bond donors (Lipinski definition) is 0. The summed E-state index contributed by atoms with van der Waals surface area (Å²) >= 11 is 0. The Morgan fingerprint density at radius 1 is 1.50 bits per heavy atom. The number of aromatic nitrogens is 2. The lowest BCUT2D eigenvalue weighted by molar-refractivity contribution is 0.460. The highest BCUT2D eigenvalue weighted by Gasteiger charge is 1.99. The maximum Gasteiger partial charge on any atom is 0.266 e. The summed E-state index contributed by atoms with van der Waals surface area (Å²) in [6.45, 7) is 6.71. The molecule has 0 spiro atoms. The molecule has 0 saturated carbocycles. The molecule has 3 heteroatoms. The largest absolute Gasteiger partial charge is 0.268 e. The van der Waals surface area contributed by atoms with E-state index in [1.807, 2.05) is 6.92 Å². The minimum atomic E-state index is -0.0192. The second-order valence-electron chi connectivity index (χ2n) is 3.39. The van der Waals surface area contributed by atoms with Gasteiger partial charge in [0.05, 0.1) is 5.69 Å². The molecule has 66 valence electrons. The molecule has 1 rings (SSSR count). The van der Waals surface area contributed by atoms with E-state index in [1.54, 1.807) is 12.1 Å². The van der Waals surface area contributed by atoms with Crippen molar-refractivity contribution in [2.24, 2.45) is 5.92 Å². The average molecular weight is 166 g/mol. The van der Waals surface area contributed by atoms with Crippen LogP contribution in [-0.4, -0.2) is 9.78 Å². The molecule has 1 aromatic rings. The maximum atomic E-state index is 11.2. The van der Waals surface area contributed by atoms with Crippen molar-refractivity contribution in [3.05, 3.63) is 28.2 Å². The van der Waals surface area contributed by atoms with Gasteiger partial charge < -0.3 is 0 Å². The van der Waals surface area contributed by atoms with E-state index in [2.05, 4.69) is 18.9 Å². The highest BCUT2D eigenvalue weighted by atomic mass is 16.1. The fourth-order valence-electron chi connectivity index (χ4n) is 1.03. The zero-order valence-corrected chi connectivity index (χ0v) is 7.74. The molecular formula is C9H14N2O. The summed E-state index contributed by atoms with van der Waals surface area (Å²) in [5.74, 6) is 0.456. The summed E-state index contributed by atoms with van der Waals surface area (Å²) in [6, 6.07) is 3.30. The Kier molecular flexibility index (Phi) is 2.63. The Balaban J connectivity index is 2.98. The van der Waals surface area contributed by atoms with Crippen molar-refractivity contribution in [1.29, 1.82) is 0 Å².